The maximum Gasteiger partial charge on any atom is 0.573 e. The molecule has 2 saturated heterocycles. The largest absolute Gasteiger partial charge is 0.573 e. The normalized spacial score (nSPS) is 19.8. The van der Waals surface area contributed by atoms with Crippen molar-refractivity contribution in [3.8, 4) is 5.75 Å². The second-order valence-electron chi connectivity index (χ2n) is 8.30. The van der Waals surface area contributed by atoms with E-state index >= 15 is 0 Å². The Morgan fingerprint density at radius 2 is 1.77 bits per heavy atom. The van der Waals surface area contributed by atoms with Gasteiger partial charge in [0.25, 0.3) is 0 Å². The number of hydrogen-bond acceptors (Lipinski definition) is 6. The van der Waals surface area contributed by atoms with Crippen molar-refractivity contribution in [2.24, 2.45) is 5.41 Å². The average Bonchev–Trinajstić information content (AvgIpc) is 3.27. The maximum atomic E-state index is 12.7. The molecule has 0 radical (unpaired) electrons. The Hall–Kier alpha value is -2.27. The van der Waals surface area contributed by atoms with E-state index in [9.17, 15) is 21.6 Å². The molecule has 2 aliphatic heterocycles. The van der Waals surface area contributed by atoms with Crippen molar-refractivity contribution in [1.29, 1.82) is 0 Å². The summed E-state index contributed by atoms with van der Waals surface area (Å²) < 4.78 is 72.9. The Balaban J connectivity index is 1.34. The van der Waals surface area contributed by atoms with Crippen molar-refractivity contribution in [3.63, 3.8) is 0 Å². The minimum atomic E-state index is -4.71. The van der Waals surface area contributed by atoms with Gasteiger partial charge in [-0.2, -0.15) is 0 Å². The highest BCUT2D eigenvalue weighted by molar-refractivity contribution is 7.88. The third-order valence-corrected chi connectivity index (χ3v) is 7.87. The molecule has 0 atom stereocenters. The van der Waals surface area contributed by atoms with Gasteiger partial charge in [0.15, 0.2) is 0 Å². The Morgan fingerprint density at radius 1 is 1.13 bits per heavy atom. The number of ether oxygens (including phenoxy) is 1. The quantitative estimate of drug-likeness (QED) is 0.679. The number of benzene rings is 1. The van der Waals surface area contributed by atoms with Crippen LogP contribution < -0.4 is 9.64 Å². The number of hydrogen-bond donors (Lipinski definition) is 0. The van der Waals surface area contributed by atoms with Gasteiger partial charge in [0.1, 0.15) is 23.0 Å². The lowest BCUT2D eigenvalue weighted by molar-refractivity contribution is -0.274. The highest BCUT2D eigenvalue weighted by Gasteiger charge is 2.43. The Kier molecular flexibility index (Phi) is 5.67. The third kappa shape index (κ3) is 5.15. The molecule has 2 aromatic rings. The molecule has 1 aromatic carbocycles. The molecule has 0 saturated carbocycles. The fraction of sp³-hybridized carbons (Fsp3) is 0.550. The fourth-order valence-electron chi connectivity index (χ4n) is 4.43. The maximum absolute atomic E-state index is 12.7. The van der Waals surface area contributed by atoms with Gasteiger partial charge in [-0.25, -0.2) is 12.7 Å². The first-order valence-electron chi connectivity index (χ1n) is 10.0. The minimum absolute atomic E-state index is 0.0115. The van der Waals surface area contributed by atoms with Crippen LogP contribution in [-0.4, -0.2) is 50.4 Å². The number of rotatable bonds is 5. The van der Waals surface area contributed by atoms with E-state index in [-0.39, 0.29) is 16.9 Å². The lowest BCUT2D eigenvalue weighted by atomic mass is 9.78. The van der Waals surface area contributed by atoms with Crippen LogP contribution in [0.4, 0.5) is 18.9 Å². The molecular formula is C20H24F3N3O4S. The van der Waals surface area contributed by atoms with Crippen LogP contribution in [0, 0.1) is 12.3 Å². The lowest BCUT2D eigenvalue weighted by Gasteiger charge is -2.38. The van der Waals surface area contributed by atoms with Crippen molar-refractivity contribution < 1.29 is 30.8 Å². The van der Waals surface area contributed by atoms with E-state index in [0.29, 0.717) is 24.5 Å². The SMILES string of the molecule is Cc1cc(CS(=O)(=O)N2CCC3(CCN(c4ccc(OC(F)(F)F)cc4)C3)CC2)no1. The Labute approximate surface area is 178 Å². The molecule has 2 fully saturated rings. The highest BCUT2D eigenvalue weighted by atomic mass is 32.2. The molecule has 1 aromatic heterocycles. The molecule has 3 heterocycles. The van der Waals surface area contributed by atoms with Gasteiger partial charge in [-0.15, -0.1) is 13.2 Å². The molecule has 2 aliphatic rings. The Morgan fingerprint density at radius 3 is 2.35 bits per heavy atom. The van der Waals surface area contributed by atoms with Gasteiger partial charge in [-0.1, -0.05) is 5.16 Å². The summed E-state index contributed by atoms with van der Waals surface area (Å²) in [5.74, 6) is 0.160. The van der Waals surface area contributed by atoms with Gasteiger partial charge in [-0.05, 0) is 55.9 Å². The molecule has 0 aliphatic carbocycles. The topological polar surface area (TPSA) is 75.9 Å². The number of piperidine rings is 1. The van der Waals surface area contributed by atoms with Crippen molar-refractivity contribution in [2.45, 2.75) is 38.3 Å². The van der Waals surface area contributed by atoms with Crippen molar-refractivity contribution in [2.75, 3.05) is 31.1 Å². The van der Waals surface area contributed by atoms with Crippen molar-refractivity contribution in [1.82, 2.24) is 9.46 Å². The molecule has 11 heteroatoms. The van der Waals surface area contributed by atoms with Crippen LogP contribution in [0.2, 0.25) is 0 Å². The summed E-state index contributed by atoms with van der Waals surface area (Å²) in [5.41, 5.74) is 1.25. The summed E-state index contributed by atoms with van der Waals surface area (Å²) >= 11 is 0. The molecule has 7 nitrogen and oxygen atoms in total. The molecule has 0 N–H and O–H groups in total. The van der Waals surface area contributed by atoms with E-state index in [1.807, 2.05) is 0 Å². The zero-order chi connectivity index (χ0) is 22.3. The molecule has 0 unspecified atom stereocenters. The third-order valence-electron chi connectivity index (χ3n) is 6.06. The second kappa shape index (κ2) is 8.01. The summed E-state index contributed by atoms with van der Waals surface area (Å²) in [6.45, 7) is 4.15. The molecule has 31 heavy (non-hydrogen) atoms. The summed E-state index contributed by atoms with van der Waals surface area (Å²) in [4.78, 5) is 2.14. The number of alkyl halides is 3. The zero-order valence-corrected chi connectivity index (χ0v) is 17.9. The molecule has 170 valence electrons. The van der Waals surface area contributed by atoms with Crippen LogP contribution in [0.3, 0.4) is 0 Å². The summed E-state index contributed by atoms with van der Waals surface area (Å²) in [6.07, 6.45) is -2.30. The number of aryl methyl sites for hydroxylation is 1. The minimum Gasteiger partial charge on any atom is -0.406 e. The van der Waals surface area contributed by atoms with Gasteiger partial charge in [0, 0.05) is 37.9 Å². The molecule has 0 bridgehead atoms. The van der Waals surface area contributed by atoms with E-state index in [4.69, 9.17) is 4.52 Å². The first-order chi connectivity index (χ1) is 14.5. The number of sulfonamides is 1. The standard InChI is InChI=1S/C20H24F3N3O4S/c1-15-12-16(24-30-15)13-31(27,28)26-10-7-19(8-11-26)6-9-25(14-19)17-2-4-18(5-3-17)29-20(21,22)23/h2-5,12H,6-11,13-14H2,1H3. The van der Waals surface area contributed by atoms with Gasteiger partial charge < -0.3 is 14.2 Å². The summed E-state index contributed by atoms with van der Waals surface area (Å²) in [7, 11) is -3.46. The first kappa shape index (κ1) is 21.9. The number of halogens is 3. The summed E-state index contributed by atoms with van der Waals surface area (Å²) in [6, 6.07) is 7.51. The average molecular weight is 459 g/mol. The van der Waals surface area contributed by atoms with Crippen LogP contribution in [0.25, 0.3) is 0 Å². The first-order valence-corrected chi connectivity index (χ1v) is 11.7. The summed E-state index contributed by atoms with van der Waals surface area (Å²) in [5, 5.41) is 3.78. The van der Waals surface area contributed by atoms with Crippen LogP contribution in [0.5, 0.6) is 5.75 Å². The van der Waals surface area contributed by atoms with E-state index in [0.717, 1.165) is 38.0 Å². The van der Waals surface area contributed by atoms with E-state index < -0.39 is 16.4 Å². The lowest BCUT2D eigenvalue weighted by Crippen LogP contribution is -2.44. The van der Waals surface area contributed by atoms with Crippen LogP contribution in [0.1, 0.15) is 30.7 Å². The van der Waals surface area contributed by atoms with Gasteiger partial charge in [-0.3, -0.25) is 0 Å². The van der Waals surface area contributed by atoms with Gasteiger partial charge >= 0.3 is 6.36 Å². The van der Waals surface area contributed by atoms with Crippen LogP contribution >= 0.6 is 0 Å². The number of aromatic nitrogens is 1. The Bertz CT molecular complexity index is 1010. The van der Waals surface area contributed by atoms with E-state index in [1.54, 1.807) is 25.1 Å². The predicted octanol–water partition coefficient (Wildman–Crippen LogP) is 3.70. The van der Waals surface area contributed by atoms with Gasteiger partial charge in [0.2, 0.25) is 10.0 Å². The van der Waals surface area contributed by atoms with E-state index in [2.05, 4.69) is 14.8 Å². The molecule has 4 rings (SSSR count). The zero-order valence-electron chi connectivity index (χ0n) is 17.1. The fourth-order valence-corrected chi connectivity index (χ4v) is 5.86. The van der Waals surface area contributed by atoms with Gasteiger partial charge in [0.05, 0.1) is 0 Å². The van der Waals surface area contributed by atoms with Crippen LogP contribution in [-0.2, 0) is 15.8 Å². The predicted molar refractivity (Wildman–Crippen MR) is 107 cm³/mol. The van der Waals surface area contributed by atoms with Crippen molar-refractivity contribution >= 4 is 15.7 Å². The van der Waals surface area contributed by atoms with E-state index in [1.165, 1.54) is 16.4 Å². The second-order valence-corrected chi connectivity index (χ2v) is 10.3. The number of nitrogens with zero attached hydrogens (tertiary/aromatic N) is 3. The van der Waals surface area contributed by atoms with Crippen molar-refractivity contribution in [3.05, 3.63) is 41.8 Å². The monoisotopic (exact) mass is 459 g/mol. The smallest absolute Gasteiger partial charge is 0.406 e. The molecular weight excluding hydrogens is 435 g/mol. The highest BCUT2D eigenvalue weighted by Crippen LogP contribution is 2.42. The van der Waals surface area contributed by atoms with Crippen LogP contribution in [0.15, 0.2) is 34.9 Å². The molecule has 0 amide bonds. The number of anilines is 1. The molecule has 1 spiro atoms.